The molecule has 0 unspecified atom stereocenters. The molecule has 0 fully saturated rings. The molecule has 0 saturated carbocycles. The molecule has 0 aliphatic heterocycles. The molecule has 0 N–H and O–H groups in total. The van der Waals surface area contributed by atoms with Gasteiger partial charge < -0.3 is 27.0 Å². The van der Waals surface area contributed by atoms with E-state index < -0.39 is 0 Å². The van der Waals surface area contributed by atoms with E-state index in [0.29, 0.717) is 0 Å². The van der Waals surface area contributed by atoms with Crippen molar-refractivity contribution in [1.29, 1.82) is 0 Å². The summed E-state index contributed by atoms with van der Waals surface area (Å²) in [6, 6.07) is 176. The van der Waals surface area contributed by atoms with Crippen LogP contribution in [-0.2, 0) is 0 Å². The number of aromatic nitrogens is 3. The predicted molar refractivity (Wildman–Crippen MR) is 599 cm³/mol. The van der Waals surface area contributed by atoms with E-state index >= 15 is 0 Å². The third-order valence-electron chi connectivity index (χ3n) is 28.3. The fourth-order valence-corrected chi connectivity index (χ4v) is 26.0. The molecule has 0 bridgehead atoms. The Kier molecular flexibility index (Phi) is 19.5. The van der Waals surface area contributed by atoms with Gasteiger partial charge in [-0.25, -0.2) is 0 Å². The average Bonchev–Trinajstić information content (AvgIpc) is 1.54. The molecule has 30 aromatic rings. The van der Waals surface area contributed by atoms with Crippen molar-refractivity contribution in [2.24, 2.45) is 0 Å². The molecule has 0 aliphatic carbocycles. The number of para-hydroxylation sites is 9. The molecule has 0 radical (unpaired) electrons. The zero-order chi connectivity index (χ0) is 92.7. The first kappa shape index (κ1) is 81.6. The maximum absolute atomic E-state index is 6.85. The Morgan fingerprint density at radius 1 is 0.142 bits per heavy atom. The van der Waals surface area contributed by atoms with Crippen LogP contribution in [0.5, 0.6) is 0 Å². The van der Waals surface area contributed by atoms with Gasteiger partial charge in [0.2, 0.25) is 0 Å². The molecule has 9 heterocycles. The fraction of sp³-hybridized carbons (Fsp3) is 0. The number of thiophene rings is 3. The van der Waals surface area contributed by atoms with E-state index in [-0.39, 0.29) is 0 Å². The van der Waals surface area contributed by atoms with Crippen LogP contribution in [0.1, 0.15) is 0 Å². The Morgan fingerprint density at radius 2 is 0.426 bits per heavy atom. The molecule has 21 aromatic carbocycles. The first-order valence-corrected chi connectivity index (χ1v) is 50.3. The van der Waals surface area contributed by atoms with Crippen molar-refractivity contribution >= 4 is 193 Å². The molecule has 0 atom stereocenters. The predicted octanol–water partition coefficient (Wildman–Crippen LogP) is 38.7. The summed E-state index contributed by atoms with van der Waals surface area (Å²) in [7, 11) is 0. The standard InChI is InChI=1S/3C44H27NOS/c1-3-14-28(15-4-1)30-21-11-23-34-35-24-12-22-33(42(35)46-41(30)34)31-18-7-8-19-32(31)36-25-13-26-38-40-44(47-43(36)38)37-20-9-10-27-39(37)45(40)29-16-5-2-6-17-29;1-3-13-28(14-4-1)29-25-26-40-38(27-29)34-21-11-20-33(42(34)46-40)31-17-7-8-18-32(31)35-22-12-23-37-41-44(47-43(35)37)36-19-9-10-24-39(36)45(41)30-15-5-2-6-16-30;1-3-12-28(13-4-1)29-22-24-34-35-25-23-30(27-41(35)46-40(34)26-29)32-16-7-8-17-33(32)36-19-11-20-38-42-44(47-43(36)38)37-18-9-10-21-39(37)45(42)31-14-5-2-6-15-31/h3*1-27H. The number of hydrogen-bond donors (Lipinski definition) is 0. The van der Waals surface area contributed by atoms with E-state index in [2.05, 4.69) is 499 Å². The van der Waals surface area contributed by atoms with E-state index in [9.17, 15) is 0 Å². The molecule has 6 nitrogen and oxygen atoms in total. The lowest BCUT2D eigenvalue weighted by molar-refractivity contribution is 0.669. The van der Waals surface area contributed by atoms with Crippen molar-refractivity contribution in [1.82, 2.24) is 13.7 Å². The van der Waals surface area contributed by atoms with Crippen molar-refractivity contribution in [2.45, 2.75) is 0 Å². The van der Waals surface area contributed by atoms with E-state index in [1.54, 1.807) is 0 Å². The van der Waals surface area contributed by atoms with Crippen LogP contribution in [0, 0.1) is 0 Å². The first-order chi connectivity index (χ1) is 70.0. The molecular weight excluding hydrogens is 1770 g/mol. The highest BCUT2D eigenvalue weighted by Gasteiger charge is 2.28. The van der Waals surface area contributed by atoms with E-state index in [0.717, 1.165) is 99.2 Å². The molecule has 0 aliphatic rings. The monoisotopic (exact) mass is 1850 g/mol. The zero-order valence-corrected chi connectivity index (χ0v) is 78.5. The van der Waals surface area contributed by atoms with Crippen molar-refractivity contribution < 1.29 is 13.3 Å². The maximum atomic E-state index is 6.85. The smallest absolute Gasteiger partial charge is 0.143 e. The summed E-state index contributed by atoms with van der Waals surface area (Å²) in [6.07, 6.45) is 0. The summed E-state index contributed by atoms with van der Waals surface area (Å²) >= 11 is 5.69. The number of benzene rings is 21. The second-order valence-electron chi connectivity index (χ2n) is 36.2. The minimum Gasteiger partial charge on any atom is -0.456 e. The number of rotatable bonds is 12. The first-order valence-electron chi connectivity index (χ1n) is 47.8. The molecular formula is C132H81N3O3S3. The van der Waals surface area contributed by atoms with Crippen molar-refractivity contribution in [3.8, 4) is 117 Å². The third-order valence-corrected chi connectivity index (χ3v) is 32.1. The topological polar surface area (TPSA) is 54.2 Å². The number of hydrogen-bond acceptors (Lipinski definition) is 6. The quantitative estimate of drug-likeness (QED) is 0.122. The highest BCUT2D eigenvalue weighted by molar-refractivity contribution is 7.28. The van der Waals surface area contributed by atoms with Gasteiger partial charge in [-0.1, -0.05) is 400 Å². The Labute approximate surface area is 822 Å². The van der Waals surface area contributed by atoms with Crippen molar-refractivity contribution in [2.75, 3.05) is 0 Å². The van der Waals surface area contributed by atoms with E-state index in [1.807, 2.05) is 40.1 Å². The van der Waals surface area contributed by atoms with Gasteiger partial charge in [0, 0.05) is 129 Å². The number of furan rings is 3. The van der Waals surface area contributed by atoms with Crippen LogP contribution in [-0.4, -0.2) is 13.7 Å². The van der Waals surface area contributed by atoms with Crippen LogP contribution in [0.25, 0.3) is 277 Å². The van der Waals surface area contributed by atoms with Crippen LogP contribution in [0.2, 0.25) is 0 Å². The molecule has 9 aromatic heterocycles. The largest absolute Gasteiger partial charge is 0.456 e. The summed E-state index contributed by atoms with van der Waals surface area (Å²) in [4.78, 5) is 0. The third kappa shape index (κ3) is 13.4. The molecule has 0 spiro atoms. The van der Waals surface area contributed by atoms with Crippen molar-refractivity contribution in [3.63, 3.8) is 0 Å². The Morgan fingerprint density at radius 3 is 0.851 bits per heavy atom. The second kappa shape index (κ2) is 33.6. The highest BCUT2D eigenvalue weighted by Crippen LogP contribution is 2.54. The highest BCUT2D eigenvalue weighted by atomic mass is 32.1. The molecule has 141 heavy (non-hydrogen) atoms. The molecule has 9 heteroatoms. The lowest BCUT2D eigenvalue weighted by atomic mass is 9.93. The van der Waals surface area contributed by atoms with Gasteiger partial charge in [-0.2, -0.15) is 0 Å². The summed E-state index contributed by atoms with van der Waals surface area (Å²) in [5.74, 6) is 0. The Balaban J connectivity index is 0.000000104. The zero-order valence-electron chi connectivity index (χ0n) is 76.1. The lowest BCUT2D eigenvalue weighted by Crippen LogP contribution is -1.93. The Bertz CT molecular complexity index is 10200. The molecule has 0 saturated heterocycles. The second-order valence-corrected chi connectivity index (χ2v) is 39.2. The SMILES string of the molecule is c1ccc(-c2ccc3c(c2)oc2cc(-c4ccccc4-c4cccc5c4sc4c6ccccc6n(-c6ccccc6)c54)ccc23)cc1.c1ccc(-c2ccc3oc4c(-c5ccccc5-c5cccc6c5sc5c7ccccc7n(-c7ccccc7)c65)cccc4c3c2)cc1.c1ccc(-c2cccc3c2oc2c(-c4ccccc4-c4cccc5c4sc4c6ccccc6n(-c6ccccc6)c54)cccc23)cc1. The van der Waals surface area contributed by atoms with Gasteiger partial charge in [0.25, 0.3) is 0 Å². The van der Waals surface area contributed by atoms with Gasteiger partial charge >= 0.3 is 0 Å². The molecule has 30 rings (SSSR count). The summed E-state index contributed by atoms with van der Waals surface area (Å²) in [5, 5.41) is 14.5. The van der Waals surface area contributed by atoms with Crippen molar-refractivity contribution in [3.05, 3.63) is 491 Å². The van der Waals surface area contributed by atoms with Gasteiger partial charge in [0.1, 0.15) is 33.5 Å². The van der Waals surface area contributed by atoms with Crippen LogP contribution < -0.4 is 0 Å². The Hall–Kier alpha value is -17.7. The van der Waals surface area contributed by atoms with Crippen LogP contribution in [0.15, 0.2) is 505 Å². The summed E-state index contributed by atoms with van der Waals surface area (Å²) < 4.78 is 35.2. The normalized spacial score (nSPS) is 11.8. The van der Waals surface area contributed by atoms with Gasteiger partial charge in [0.05, 0.1) is 47.2 Å². The lowest BCUT2D eigenvalue weighted by Gasteiger charge is -2.12. The summed E-state index contributed by atoms with van der Waals surface area (Å²) in [5.41, 5.74) is 37.8. The average molecular weight is 1850 g/mol. The molecule has 0 amide bonds. The van der Waals surface area contributed by atoms with Crippen LogP contribution in [0.3, 0.4) is 0 Å². The van der Waals surface area contributed by atoms with Gasteiger partial charge in [-0.05, 0) is 158 Å². The maximum Gasteiger partial charge on any atom is 0.143 e. The minimum atomic E-state index is 0.904. The van der Waals surface area contributed by atoms with E-state index in [1.165, 1.54) is 177 Å². The number of fused-ring (bicyclic) bond motifs is 24. The van der Waals surface area contributed by atoms with Gasteiger partial charge in [-0.15, -0.1) is 34.0 Å². The molecule has 660 valence electrons. The van der Waals surface area contributed by atoms with Gasteiger partial charge in [0.15, 0.2) is 0 Å². The van der Waals surface area contributed by atoms with Crippen LogP contribution >= 0.6 is 34.0 Å². The summed E-state index contributed by atoms with van der Waals surface area (Å²) in [6.45, 7) is 0. The number of nitrogens with zero attached hydrogens (tertiary/aromatic N) is 3. The van der Waals surface area contributed by atoms with E-state index in [4.69, 9.17) is 13.3 Å². The minimum absolute atomic E-state index is 0.904. The van der Waals surface area contributed by atoms with Crippen LogP contribution in [0.4, 0.5) is 0 Å². The fourth-order valence-electron chi connectivity index (χ4n) is 22.0. The van der Waals surface area contributed by atoms with Gasteiger partial charge in [-0.3, -0.25) is 0 Å².